The van der Waals surface area contributed by atoms with Gasteiger partial charge in [-0.15, -0.1) is 0 Å². The Morgan fingerprint density at radius 1 is 1.18 bits per heavy atom. The number of hydrogen-bond acceptors (Lipinski definition) is 0. The van der Waals surface area contributed by atoms with Crippen molar-refractivity contribution in [2.24, 2.45) is 0 Å². The van der Waals surface area contributed by atoms with Crippen LogP contribution in [0.25, 0.3) is 0 Å². The van der Waals surface area contributed by atoms with Crippen molar-refractivity contribution >= 4 is 31.9 Å². The number of halogens is 2. The topological polar surface area (TPSA) is 0 Å². The van der Waals surface area contributed by atoms with Crippen molar-refractivity contribution in [1.82, 2.24) is 0 Å². The molecule has 1 rings (SSSR count). The maximum Gasteiger partial charge on any atom is 0.0403 e. The predicted molar refractivity (Wildman–Crippen MR) is 56.5 cm³/mol. The molecule has 2 heteroatoms. The Labute approximate surface area is 84.3 Å². The molecule has 0 nitrogen and oxygen atoms in total. The molecule has 0 heterocycles. The number of alkyl halides is 2. The number of benzene rings is 1. The van der Waals surface area contributed by atoms with Gasteiger partial charge in [-0.3, -0.25) is 0 Å². The van der Waals surface area contributed by atoms with E-state index in [2.05, 4.69) is 56.1 Å². The molecular weight excluding hydrogens is 268 g/mol. The summed E-state index contributed by atoms with van der Waals surface area (Å²) >= 11 is 7.03. The van der Waals surface area contributed by atoms with Crippen molar-refractivity contribution < 1.29 is 0 Å². The monoisotopic (exact) mass is 276 g/mol. The molecule has 0 saturated heterocycles. The second-order valence-corrected chi connectivity index (χ2v) is 4.25. The highest BCUT2D eigenvalue weighted by atomic mass is 79.9. The van der Waals surface area contributed by atoms with Crippen molar-refractivity contribution in [2.45, 2.75) is 11.2 Å². The van der Waals surface area contributed by atoms with Crippen LogP contribution in [0.4, 0.5) is 0 Å². The molecule has 1 aromatic carbocycles. The summed E-state index contributed by atoms with van der Waals surface area (Å²) in [5.74, 6) is 0. The smallest absolute Gasteiger partial charge is 0.0403 e. The van der Waals surface area contributed by atoms with Gasteiger partial charge >= 0.3 is 0 Å². The summed E-state index contributed by atoms with van der Waals surface area (Å²) in [4.78, 5) is 0.489. The standard InChI is InChI=1S/C9H10Br2/c10-7-6-9(11)8-4-2-1-3-5-8/h1-5,9H,6-7H2/t9-/m0/s1. The molecule has 0 aliphatic rings. The summed E-state index contributed by atoms with van der Waals surface area (Å²) in [5, 5.41) is 1.04. The average molecular weight is 278 g/mol. The minimum Gasteiger partial charge on any atom is -0.0928 e. The SMILES string of the molecule is BrCC[C@H](Br)c1ccccc1. The van der Waals surface area contributed by atoms with E-state index in [1.54, 1.807) is 0 Å². The Kier molecular flexibility index (Phi) is 4.16. The van der Waals surface area contributed by atoms with E-state index in [1.165, 1.54) is 5.56 Å². The van der Waals surface area contributed by atoms with E-state index in [9.17, 15) is 0 Å². The third-order valence-electron chi connectivity index (χ3n) is 1.52. The molecule has 60 valence electrons. The fourth-order valence-electron chi connectivity index (χ4n) is 0.924. The van der Waals surface area contributed by atoms with Crippen LogP contribution < -0.4 is 0 Å². The van der Waals surface area contributed by atoms with Crippen LogP contribution in [-0.4, -0.2) is 5.33 Å². The summed E-state index contributed by atoms with van der Waals surface area (Å²) in [6.07, 6.45) is 1.13. The van der Waals surface area contributed by atoms with Crippen LogP contribution in [0.1, 0.15) is 16.8 Å². The summed E-state index contributed by atoms with van der Waals surface area (Å²) in [6.45, 7) is 0. The third kappa shape index (κ3) is 2.96. The Balaban J connectivity index is 2.61. The van der Waals surface area contributed by atoms with Gasteiger partial charge in [-0.05, 0) is 12.0 Å². The van der Waals surface area contributed by atoms with Gasteiger partial charge in [0.15, 0.2) is 0 Å². The molecular formula is C9H10Br2. The summed E-state index contributed by atoms with van der Waals surface area (Å²) in [7, 11) is 0. The molecule has 0 aliphatic carbocycles. The molecule has 0 spiro atoms. The molecule has 0 amide bonds. The maximum atomic E-state index is 3.62. The van der Waals surface area contributed by atoms with Gasteiger partial charge in [0.05, 0.1) is 0 Å². The zero-order valence-corrected chi connectivity index (χ0v) is 9.31. The molecule has 0 aliphatic heterocycles. The molecule has 0 bridgehead atoms. The van der Waals surface area contributed by atoms with Crippen molar-refractivity contribution in [3.8, 4) is 0 Å². The molecule has 1 atom stereocenters. The van der Waals surface area contributed by atoms with Crippen molar-refractivity contribution in [3.63, 3.8) is 0 Å². The van der Waals surface area contributed by atoms with Gasteiger partial charge in [-0.25, -0.2) is 0 Å². The van der Waals surface area contributed by atoms with E-state index < -0.39 is 0 Å². The van der Waals surface area contributed by atoms with Crippen LogP contribution in [-0.2, 0) is 0 Å². The molecule has 0 fully saturated rings. The maximum absolute atomic E-state index is 3.62. The van der Waals surface area contributed by atoms with Crippen LogP contribution in [0.3, 0.4) is 0 Å². The number of hydrogen-bond donors (Lipinski definition) is 0. The van der Waals surface area contributed by atoms with Crippen molar-refractivity contribution in [2.75, 3.05) is 5.33 Å². The van der Waals surface area contributed by atoms with Gasteiger partial charge < -0.3 is 0 Å². The quantitative estimate of drug-likeness (QED) is 0.735. The highest BCUT2D eigenvalue weighted by Gasteiger charge is 2.03. The van der Waals surface area contributed by atoms with Gasteiger partial charge in [-0.1, -0.05) is 62.2 Å². The van der Waals surface area contributed by atoms with Gasteiger partial charge in [0, 0.05) is 10.2 Å². The molecule has 1 aromatic rings. The zero-order valence-electron chi connectivity index (χ0n) is 6.13. The largest absolute Gasteiger partial charge is 0.0928 e. The Hall–Kier alpha value is 0.180. The highest BCUT2D eigenvalue weighted by Crippen LogP contribution is 2.26. The van der Waals surface area contributed by atoms with Gasteiger partial charge in [-0.2, -0.15) is 0 Å². The fourth-order valence-corrected chi connectivity index (χ4v) is 2.53. The lowest BCUT2D eigenvalue weighted by molar-refractivity contribution is 0.928. The van der Waals surface area contributed by atoms with Crippen LogP contribution in [0.15, 0.2) is 30.3 Å². The summed E-state index contributed by atoms with van der Waals surface area (Å²) in [6, 6.07) is 10.5. The second kappa shape index (κ2) is 4.94. The Morgan fingerprint density at radius 2 is 1.82 bits per heavy atom. The first kappa shape index (κ1) is 9.27. The van der Waals surface area contributed by atoms with E-state index in [-0.39, 0.29) is 0 Å². The molecule has 0 aromatic heterocycles. The summed E-state index contributed by atoms with van der Waals surface area (Å²) < 4.78 is 0. The Bertz CT molecular complexity index is 196. The van der Waals surface area contributed by atoms with E-state index in [1.807, 2.05) is 6.07 Å². The lowest BCUT2D eigenvalue weighted by Crippen LogP contribution is -1.89. The minimum absolute atomic E-state index is 0.489. The van der Waals surface area contributed by atoms with Crippen LogP contribution in [0.5, 0.6) is 0 Å². The third-order valence-corrected chi connectivity index (χ3v) is 2.97. The van der Waals surface area contributed by atoms with E-state index in [4.69, 9.17) is 0 Å². The summed E-state index contributed by atoms with van der Waals surface area (Å²) in [5.41, 5.74) is 1.35. The van der Waals surface area contributed by atoms with E-state index >= 15 is 0 Å². The van der Waals surface area contributed by atoms with Crippen LogP contribution in [0, 0.1) is 0 Å². The Morgan fingerprint density at radius 3 is 2.36 bits per heavy atom. The van der Waals surface area contributed by atoms with Crippen molar-refractivity contribution in [1.29, 1.82) is 0 Å². The normalized spacial score (nSPS) is 12.9. The van der Waals surface area contributed by atoms with E-state index in [0.717, 1.165) is 11.8 Å². The van der Waals surface area contributed by atoms with Gasteiger partial charge in [0.2, 0.25) is 0 Å². The lowest BCUT2D eigenvalue weighted by atomic mass is 10.1. The predicted octanol–water partition coefficient (Wildman–Crippen LogP) is 3.91. The molecule has 0 N–H and O–H groups in total. The minimum atomic E-state index is 0.489. The van der Waals surface area contributed by atoms with Gasteiger partial charge in [0.25, 0.3) is 0 Å². The van der Waals surface area contributed by atoms with E-state index in [0.29, 0.717) is 4.83 Å². The number of rotatable bonds is 3. The first-order valence-electron chi connectivity index (χ1n) is 3.59. The lowest BCUT2D eigenvalue weighted by Gasteiger charge is -2.06. The molecule has 11 heavy (non-hydrogen) atoms. The van der Waals surface area contributed by atoms with Crippen LogP contribution >= 0.6 is 31.9 Å². The van der Waals surface area contributed by atoms with Gasteiger partial charge in [0.1, 0.15) is 0 Å². The average Bonchev–Trinajstić information content (AvgIpc) is 2.07. The fraction of sp³-hybridized carbons (Fsp3) is 0.333. The molecule has 0 radical (unpaired) electrons. The molecule has 0 unspecified atom stereocenters. The highest BCUT2D eigenvalue weighted by molar-refractivity contribution is 9.09. The zero-order chi connectivity index (χ0) is 8.10. The second-order valence-electron chi connectivity index (χ2n) is 2.36. The first-order chi connectivity index (χ1) is 5.34. The van der Waals surface area contributed by atoms with Crippen molar-refractivity contribution in [3.05, 3.63) is 35.9 Å². The first-order valence-corrected chi connectivity index (χ1v) is 5.63. The molecule has 0 saturated carbocycles. The van der Waals surface area contributed by atoms with Crippen LogP contribution in [0.2, 0.25) is 0 Å².